The van der Waals surface area contributed by atoms with E-state index in [-0.39, 0.29) is 0 Å². The molecule has 2 aromatic rings. The van der Waals surface area contributed by atoms with Crippen molar-refractivity contribution < 1.29 is 9.90 Å². The summed E-state index contributed by atoms with van der Waals surface area (Å²) in [6.45, 7) is 3.34. The minimum atomic E-state index is -1.01. The smallest absolute Gasteiger partial charge is 0.315 e. The van der Waals surface area contributed by atoms with Crippen LogP contribution in [0.3, 0.4) is 0 Å². The number of pyridine rings is 1. The first-order valence-corrected chi connectivity index (χ1v) is 5.78. The molecule has 3 heteroatoms. The zero-order valence-corrected chi connectivity index (χ0v) is 10.4. The molecule has 0 spiro atoms. The predicted octanol–water partition coefficient (Wildman–Crippen LogP) is 3.11. The molecule has 92 valence electrons. The first-order chi connectivity index (χ1) is 8.53. The minimum absolute atomic E-state index is 0.587. The molecule has 18 heavy (non-hydrogen) atoms. The first-order valence-electron chi connectivity index (χ1n) is 5.78. The monoisotopic (exact) mass is 241 g/mol. The highest BCUT2D eigenvalue weighted by Gasteiger charge is 2.33. The van der Waals surface area contributed by atoms with E-state index in [9.17, 15) is 9.90 Å². The van der Waals surface area contributed by atoms with Crippen LogP contribution in [0.25, 0.3) is 11.1 Å². The number of benzene rings is 1. The summed E-state index contributed by atoms with van der Waals surface area (Å²) in [5.41, 5.74) is 1.43. The van der Waals surface area contributed by atoms with Crippen LogP contribution < -0.4 is 0 Å². The number of hydrogen-bond donors (Lipinski definition) is 1. The van der Waals surface area contributed by atoms with Crippen molar-refractivity contribution in [3.8, 4) is 11.1 Å². The lowest BCUT2D eigenvalue weighted by atomic mass is 9.84. The third-order valence-corrected chi connectivity index (χ3v) is 3.02. The second-order valence-electron chi connectivity index (χ2n) is 4.70. The maximum atomic E-state index is 11.4. The van der Waals surface area contributed by atoms with Crippen molar-refractivity contribution in [3.05, 3.63) is 54.4 Å². The summed E-state index contributed by atoms with van der Waals surface area (Å²) < 4.78 is 0. The highest BCUT2D eigenvalue weighted by molar-refractivity contribution is 5.83. The lowest BCUT2D eigenvalue weighted by Crippen LogP contribution is -2.30. The molecule has 0 aliphatic rings. The number of nitrogens with zero attached hydrogens (tertiary/aromatic N) is 1. The number of carbonyl (C=O) groups is 1. The van der Waals surface area contributed by atoms with Crippen LogP contribution in [0.1, 0.15) is 19.5 Å². The molecule has 0 saturated carbocycles. The van der Waals surface area contributed by atoms with E-state index in [0.29, 0.717) is 5.69 Å². The van der Waals surface area contributed by atoms with Crippen LogP contribution in [0.4, 0.5) is 0 Å². The highest BCUT2D eigenvalue weighted by atomic mass is 16.4. The molecule has 0 bridgehead atoms. The van der Waals surface area contributed by atoms with Gasteiger partial charge in [-0.15, -0.1) is 0 Å². The van der Waals surface area contributed by atoms with Crippen molar-refractivity contribution in [1.29, 1.82) is 0 Å². The lowest BCUT2D eigenvalue weighted by Gasteiger charge is -2.21. The van der Waals surface area contributed by atoms with Crippen LogP contribution in [0.15, 0.2) is 48.7 Å². The van der Waals surface area contributed by atoms with Gasteiger partial charge in [-0.25, -0.2) is 0 Å². The Balaban J connectivity index is 2.61. The topological polar surface area (TPSA) is 50.2 Å². The van der Waals surface area contributed by atoms with Crippen molar-refractivity contribution in [2.75, 3.05) is 0 Å². The summed E-state index contributed by atoms with van der Waals surface area (Å²) in [5.74, 6) is -0.876. The van der Waals surface area contributed by atoms with Crippen molar-refractivity contribution in [3.63, 3.8) is 0 Å². The van der Waals surface area contributed by atoms with Gasteiger partial charge in [0.2, 0.25) is 0 Å². The Hall–Kier alpha value is -2.16. The molecular formula is C15H15NO2. The summed E-state index contributed by atoms with van der Waals surface area (Å²) in [6, 6.07) is 13.4. The van der Waals surface area contributed by atoms with Crippen molar-refractivity contribution in [1.82, 2.24) is 4.98 Å². The Labute approximate surface area is 106 Å². The summed E-state index contributed by atoms with van der Waals surface area (Å²) >= 11 is 0. The van der Waals surface area contributed by atoms with Crippen molar-refractivity contribution in [2.24, 2.45) is 0 Å². The van der Waals surface area contributed by atoms with E-state index in [1.165, 1.54) is 0 Å². The van der Waals surface area contributed by atoms with Gasteiger partial charge in [-0.1, -0.05) is 36.4 Å². The number of carboxylic acids is 1. The van der Waals surface area contributed by atoms with E-state index >= 15 is 0 Å². The Morgan fingerprint density at radius 1 is 1.11 bits per heavy atom. The lowest BCUT2D eigenvalue weighted by molar-refractivity contribution is -0.142. The number of rotatable bonds is 3. The number of aliphatic carboxylic acids is 1. The molecule has 0 radical (unpaired) electrons. The van der Waals surface area contributed by atoms with Crippen molar-refractivity contribution in [2.45, 2.75) is 19.3 Å². The average Bonchev–Trinajstić information content (AvgIpc) is 2.39. The van der Waals surface area contributed by atoms with Gasteiger partial charge in [0.1, 0.15) is 5.41 Å². The standard InChI is InChI=1S/C15H15NO2/c1-15(2,14(17)18)13-12(9-6-10-16-13)11-7-4-3-5-8-11/h3-10H,1-2H3,(H,17,18). The normalized spacial score (nSPS) is 11.2. The third kappa shape index (κ3) is 2.12. The number of carboxylic acid groups (broad SMARTS) is 1. The maximum Gasteiger partial charge on any atom is 0.315 e. The molecule has 0 atom stereocenters. The molecule has 0 unspecified atom stereocenters. The first kappa shape index (κ1) is 12.3. The van der Waals surface area contributed by atoms with Crippen LogP contribution in [-0.2, 0) is 10.2 Å². The fourth-order valence-corrected chi connectivity index (χ4v) is 1.86. The van der Waals surface area contributed by atoms with Gasteiger partial charge in [0, 0.05) is 11.8 Å². The van der Waals surface area contributed by atoms with Crippen LogP contribution in [0.2, 0.25) is 0 Å². The SMILES string of the molecule is CC(C)(C(=O)O)c1ncccc1-c1ccccc1. The predicted molar refractivity (Wildman–Crippen MR) is 70.3 cm³/mol. The molecule has 0 fully saturated rings. The van der Waals surface area contributed by atoms with Crippen molar-refractivity contribution >= 4 is 5.97 Å². The molecule has 0 saturated heterocycles. The Morgan fingerprint density at radius 3 is 2.39 bits per heavy atom. The molecule has 1 aromatic carbocycles. The van der Waals surface area contributed by atoms with E-state index in [4.69, 9.17) is 0 Å². The molecule has 1 heterocycles. The van der Waals surface area contributed by atoms with Crippen LogP contribution in [0, 0.1) is 0 Å². The largest absolute Gasteiger partial charge is 0.481 e. The average molecular weight is 241 g/mol. The Bertz CT molecular complexity index is 562. The van der Waals surface area contributed by atoms with Gasteiger partial charge in [0.05, 0.1) is 5.69 Å². The van der Waals surface area contributed by atoms with E-state index in [2.05, 4.69) is 4.98 Å². The van der Waals surface area contributed by atoms with E-state index < -0.39 is 11.4 Å². The van der Waals surface area contributed by atoms with Gasteiger partial charge in [-0.05, 0) is 25.5 Å². The summed E-state index contributed by atoms with van der Waals surface area (Å²) in [7, 11) is 0. The molecule has 2 rings (SSSR count). The van der Waals surface area contributed by atoms with Gasteiger partial charge in [0.15, 0.2) is 0 Å². The molecule has 0 aliphatic carbocycles. The van der Waals surface area contributed by atoms with E-state index in [0.717, 1.165) is 11.1 Å². The summed E-state index contributed by atoms with van der Waals surface area (Å²) in [6.07, 6.45) is 1.63. The van der Waals surface area contributed by atoms with Crippen LogP contribution in [0.5, 0.6) is 0 Å². The minimum Gasteiger partial charge on any atom is -0.481 e. The number of aromatic nitrogens is 1. The number of hydrogen-bond acceptors (Lipinski definition) is 2. The van der Waals surface area contributed by atoms with Gasteiger partial charge in [-0.3, -0.25) is 9.78 Å². The maximum absolute atomic E-state index is 11.4. The van der Waals surface area contributed by atoms with Crippen LogP contribution in [-0.4, -0.2) is 16.1 Å². The Kier molecular flexibility index (Phi) is 3.15. The molecular weight excluding hydrogens is 226 g/mol. The summed E-state index contributed by atoms with van der Waals surface area (Å²) in [4.78, 5) is 15.6. The molecule has 0 amide bonds. The summed E-state index contributed by atoms with van der Waals surface area (Å²) in [5, 5.41) is 9.33. The van der Waals surface area contributed by atoms with E-state index in [1.54, 1.807) is 20.0 Å². The Morgan fingerprint density at radius 2 is 1.78 bits per heavy atom. The quantitative estimate of drug-likeness (QED) is 0.898. The molecule has 1 aromatic heterocycles. The molecule has 1 N–H and O–H groups in total. The highest BCUT2D eigenvalue weighted by Crippen LogP contribution is 2.31. The second kappa shape index (κ2) is 4.61. The zero-order chi connectivity index (χ0) is 13.2. The van der Waals surface area contributed by atoms with Gasteiger partial charge in [-0.2, -0.15) is 0 Å². The fraction of sp³-hybridized carbons (Fsp3) is 0.200. The third-order valence-electron chi connectivity index (χ3n) is 3.02. The van der Waals surface area contributed by atoms with Crippen LogP contribution >= 0.6 is 0 Å². The molecule has 0 aliphatic heterocycles. The molecule has 3 nitrogen and oxygen atoms in total. The van der Waals surface area contributed by atoms with E-state index in [1.807, 2.05) is 42.5 Å². The second-order valence-corrected chi connectivity index (χ2v) is 4.70. The zero-order valence-electron chi connectivity index (χ0n) is 10.4. The fourth-order valence-electron chi connectivity index (χ4n) is 1.86. The van der Waals surface area contributed by atoms with Gasteiger partial charge in [0.25, 0.3) is 0 Å². The van der Waals surface area contributed by atoms with Gasteiger partial charge >= 0.3 is 5.97 Å². The van der Waals surface area contributed by atoms with Gasteiger partial charge < -0.3 is 5.11 Å².